The predicted molar refractivity (Wildman–Crippen MR) is 152 cm³/mol. The maximum absolute atomic E-state index is 4.85. The van der Waals surface area contributed by atoms with Crippen molar-refractivity contribution in [2.24, 2.45) is 0 Å². The molecule has 4 aromatic carbocycles. The minimum atomic E-state index is 1.05. The Morgan fingerprint density at radius 2 is 1.47 bits per heavy atom. The molecule has 0 spiro atoms. The molecule has 0 aliphatic heterocycles. The van der Waals surface area contributed by atoms with Crippen LogP contribution in [-0.2, 0) is 0 Å². The van der Waals surface area contributed by atoms with Crippen molar-refractivity contribution in [2.45, 2.75) is 0 Å². The molecule has 0 fully saturated rings. The number of nitrogens with zero attached hydrogens (tertiary/aromatic N) is 3. The lowest BCUT2D eigenvalue weighted by Crippen LogP contribution is -1.94. The molecule has 0 amide bonds. The van der Waals surface area contributed by atoms with E-state index >= 15 is 0 Å². The summed E-state index contributed by atoms with van der Waals surface area (Å²) in [5, 5.41) is 6.20. The predicted octanol–water partition coefficient (Wildman–Crippen LogP) is 8.76. The molecular weight excluding hydrogens is 458 g/mol. The molecule has 0 saturated carbocycles. The van der Waals surface area contributed by atoms with Crippen LogP contribution in [0.15, 0.2) is 116 Å². The zero-order chi connectivity index (χ0) is 23.6. The van der Waals surface area contributed by atoms with Crippen molar-refractivity contribution in [3.05, 3.63) is 116 Å². The average molecular weight is 478 g/mol. The summed E-state index contributed by atoms with van der Waals surface area (Å²) >= 11 is 1.86. The molecule has 0 saturated heterocycles. The molecule has 0 N–H and O–H groups in total. The van der Waals surface area contributed by atoms with Gasteiger partial charge in [0, 0.05) is 60.8 Å². The summed E-state index contributed by atoms with van der Waals surface area (Å²) in [5.41, 5.74) is 6.79. The van der Waals surface area contributed by atoms with E-state index in [0.29, 0.717) is 0 Å². The average Bonchev–Trinajstić information content (AvgIpc) is 3.49. The lowest BCUT2D eigenvalue weighted by Gasteiger charge is -2.10. The Kier molecular flexibility index (Phi) is 4.10. The van der Waals surface area contributed by atoms with Gasteiger partial charge in [0.1, 0.15) is 0 Å². The minimum Gasteiger partial charge on any atom is -0.308 e. The zero-order valence-corrected chi connectivity index (χ0v) is 20.0. The van der Waals surface area contributed by atoms with Crippen LogP contribution in [0.1, 0.15) is 0 Å². The fourth-order valence-electron chi connectivity index (χ4n) is 5.51. The van der Waals surface area contributed by atoms with Crippen LogP contribution < -0.4 is 0 Å². The fraction of sp³-hybridized carbons (Fsp3) is 0. The van der Waals surface area contributed by atoms with Crippen LogP contribution in [-0.4, -0.2) is 14.5 Å². The summed E-state index contributed by atoms with van der Waals surface area (Å²) < 4.78 is 4.95. The van der Waals surface area contributed by atoms with Gasteiger partial charge in [0.2, 0.25) is 0 Å². The summed E-state index contributed by atoms with van der Waals surface area (Å²) in [6, 6.07) is 34.6. The maximum Gasteiger partial charge on any atom is 0.0977 e. The molecule has 0 aliphatic rings. The first kappa shape index (κ1) is 19.7. The molecule has 0 aliphatic carbocycles. The number of rotatable bonds is 2. The third-order valence-electron chi connectivity index (χ3n) is 7.13. The number of thiophene rings is 1. The van der Waals surface area contributed by atoms with Crippen molar-refractivity contribution in [1.82, 2.24) is 14.5 Å². The van der Waals surface area contributed by atoms with Gasteiger partial charge in [-0.3, -0.25) is 9.97 Å². The van der Waals surface area contributed by atoms with E-state index < -0.39 is 0 Å². The number of hydrogen-bond donors (Lipinski definition) is 0. The molecule has 4 heterocycles. The highest BCUT2D eigenvalue weighted by atomic mass is 32.1. The van der Waals surface area contributed by atoms with Crippen LogP contribution >= 0.6 is 11.3 Å². The molecule has 8 aromatic rings. The van der Waals surface area contributed by atoms with Crippen LogP contribution in [0.5, 0.6) is 0 Å². The van der Waals surface area contributed by atoms with Gasteiger partial charge in [-0.25, -0.2) is 0 Å². The third kappa shape index (κ3) is 2.73. The van der Waals surface area contributed by atoms with Gasteiger partial charge >= 0.3 is 0 Å². The largest absolute Gasteiger partial charge is 0.308 e. The SMILES string of the molecule is c1ccc2c(-c3ccc(-n4c5cccnc5c5c6sc7ccccc7c6ccc54)cc3)cncc2c1. The first-order valence-electron chi connectivity index (χ1n) is 12.0. The Hall–Kier alpha value is -4.54. The molecule has 3 nitrogen and oxygen atoms in total. The fourth-order valence-corrected chi connectivity index (χ4v) is 6.75. The molecule has 4 aromatic heterocycles. The molecule has 168 valence electrons. The van der Waals surface area contributed by atoms with E-state index in [1.54, 1.807) is 0 Å². The Morgan fingerprint density at radius 1 is 0.639 bits per heavy atom. The van der Waals surface area contributed by atoms with Gasteiger partial charge in [0.05, 0.1) is 16.6 Å². The Balaban J connectivity index is 1.38. The smallest absolute Gasteiger partial charge is 0.0977 e. The Morgan fingerprint density at radius 3 is 2.39 bits per heavy atom. The highest BCUT2D eigenvalue weighted by Crippen LogP contribution is 2.42. The minimum absolute atomic E-state index is 1.05. The third-order valence-corrected chi connectivity index (χ3v) is 8.34. The van der Waals surface area contributed by atoms with E-state index in [4.69, 9.17) is 4.98 Å². The first-order valence-corrected chi connectivity index (χ1v) is 12.8. The normalized spacial score (nSPS) is 11.9. The summed E-state index contributed by atoms with van der Waals surface area (Å²) in [7, 11) is 0. The van der Waals surface area contributed by atoms with Crippen LogP contribution in [0.3, 0.4) is 0 Å². The molecule has 0 unspecified atom stereocenters. The first-order chi connectivity index (χ1) is 17.9. The van der Waals surface area contributed by atoms with E-state index in [9.17, 15) is 0 Å². The van der Waals surface area contributed by atoms with Gasteiger partial charge in [0.25, 0.3) is 0 Å². The Labute approximate surface area is 210 Å². The summed E-state index contributed by atoms with van der Waals surface area (Å²) in [4.78, 5) is 9.33. The van der Waals surface area contributed by atoms with Gasteiger partial charge in [-0.1, -0.05) is 60.7 Å². The van der Waals surface area contributed by atoms with E-state index in [1.165, 1.54) is 36.5 Å². The molecule has 0 radical (unpaired) electrons. The molecule has 4 heteroatoms. The second-order valence-electron chi connectivity index (χ2n) is 9.10. The van der Waals surface area contributed by atoms with Crippen molar-refractivity contribution in [2.75, 3.05) is 0 Å². The second-order valence-corrected chi connectivity index (χ2v) is 10.1. The van der Waals surface area contributed by atoms with E-state index in [-0.39, 0.29) is 0 Å². The van der Waals surface area contributed by atoms with Gasteiger partial charge in [0.15, 0.2) is 0 Å². The van der Waals surface area contributed by atoms with E-state index in [2.05, 4.69) is 101 Å². The van der Waals surface area contributed by atoms with Crippen LogP contribution in [0.4, 0.5) is 0 Å². The number of hydrogen-bond acceptors (Lipinski definition) is 3. The van der Waals surface area contributed by atoms with E-state index in [1.807, 2.05) is 36.0 Å². The van der Waals surface area contributed by atoms with Crippen LogP contribution in [0.2, 0.25) is 0 Å². The molecule has 0 atom stereocenters. The van der Waals surface area contributed by atoms with Gasteiger partial charge in [-0.2, -0.15) is 0 Å². The van der Waals surface area contributed by atoms with Crippen molar-refractivity contribution >= 4 is 64.2 Å². The lowest BCUT2D eigenvalue weighted by atomic mass is 10.0. The van der Waals surface area contributed by atoms with Crippen LogP contribution in [0.25, 0.3) is 69.7 Å². The van der Waals surface area contributed by atoms with Crippen molar-refractivity contribution in [3.8, 4) is 16.8 Å². The highest BCUT2D eigenvalue weighted by molar-refractivity contribution is 7.26. The summed E-state index contributed by atoms with van der Waals surface area (Å²) in [6.45, 7) is 0. The standard InChI is InChI=1S/C32H19N3S/c1-2-7-23-21(6-1)18-33-19-26(23)20-11-13-22(14-12-20)35-27-16-15-25-24-8-3-4-10-29(24)36-32(25)30(27)31-28(35)9-5-17-34-31/h1-19H. The van der Waals surface area contributed by atoms with Gasteiger partial charge < -0.3 is 4.57 Å². The number of benzene rings is 4. The quantitative estimate of drug-likeness (QED) is 0.249. The summed E-state index contributed by atoms with van der Waals surface area (Å²) in [5.74, 6) is 0. The van der Waals surface area contributed by atoms with Crippen molar-refractivity contribution in [3.63, 3.8) is 0 Å². The molecule has 36 heavy (non-hydrogen) atoms. The zero-order valence-electron chi connectivity index (χ0n) is 19.2. The second kappa shape index (κ2) is 7.48. The molecule has 8 rings (SSSR count). The number of aromatic nitrogens is 3. The van der Waals surface area contributed by atoms with Crippen molar-refractivity contribution < 1.29 is 0 Å². The number of fused-ring (bicyclic) bond motifs is 8. The number of pyridine rings is 2. The topological polar surface area (TPSA) is 30.7 Å². The highest BCUT2D eigenvalue weighted by Gasteiger charge is 2.18. The van der Waals surface area contributed by atoms with E-state index in [0.717, 1.165) is 33.2 Å². The molecule has 0 bridgehead atoms. The van der Waals surface area contributed by atoms with Crippen molar-refractivity contribution in [1.29, 1.82) is 0 Å². The maximum atomic E-state index is 4.85. The molecular formula is C32H19N3S. The lowest BCUT2D eigenvalue weighted by molar-refractivity contribution is 1.18. The van der Waals surface area contributed by atoms with Gasteiger partial charge in [-0.05, 0) is 47.3 Å². The van der Waals surface area contributed by atoms with Crippen LogP contribution in [0, 0.1) is 0 Å². The Bertz CT molecular complexity index is 2090. The monoisotopic (exact) mass is 477 g/mol. The van der Waals surface area contributed by atoms with Gasteiger partial charge in [-0.15, -0.1) is 11.3 Å². The summed E-state index contributed by atoms with van der Waals surface area (Å²) in [6.07, 6.45) is 5.78.